The van der Waals surface area contributed by atoms with Gasteiger partial charge in [0.15, 0.2) is 0 Å². The van der Waals surface area contributed by atoms with Crippen LogP contribution in [0.5, 0.6) is 34.5 Å². The molecule has 0 aliphatic carbocycles. The summed E-state index contributed by atoms with van der Waals surface area (Å²) in [6, 6.07) is 43.9. The lowest BCUT2D eigenvalue weighted by molar-refractivity contribution is 0.444. The highest BCUT2D eigenvalue weighted by molar-refractivity contribution is 6.99. The lowest BCUT2D eigenvalue weighted by Gasteiger charge is -2.39. The van der Waals surface area contributed by atoms with Gasteiger partial charge in [-0.05, 0) is 41.0 Å². The van der Waals surface area contributed by atoms with Crippen LogP contribution >= 0.6 is 0 Å². The fourth-order valence-electron chi connectivity index (χ4n) is 6.60. The van der Waals surface area contributed by atoms with Gasteiger partial charge in [-0.25, -0.2) is 0 Å². The molecule has 0 amide bonds. The van der Waals surface area contributed by atoms with E-state index in [0.29, 0.717) is 0 Å². The fraction of sp³-hybridized carbons (Fsp3) is 0. The van der Waals surface area contributed by atoms with Gasteiger partial charge in [0.05, 0.1) is 0 Å². The highest BCUT2D eigenvalue weighted by atomic mass is 16.5. The average molecular weight is 512 g/mol. The summed E-state index contributed by atoms with van der Waals surface area (Å²) in [6.07, 6.45) is 0. The van der Waals surface area contributed by atoms with Crippen molar-refractivity contribution in [2.24, 2.45) is 0 Å². The van der Waals surface area contributed by atoms with Crippen molar-refractivity contribution in [3.05, 3.63) is 127 Å². The smallest absolute Gasteiger partial charge is 0.270 e. The van der Waals surface area contributed by atoms with Gasteiger partial charge in [0.2, 0.25) is 0 Å². The molecule has 0 N–H and O–H groups in total. The third-order valence-electron chi connectivity index (χ3n) is 8.19. The van der Waals surface area contributed by atoms with Crippen LogP contribution in [0.4, 0.5) is 0 Å². The standard InChI is InChI=1S/C36H21BO3/c1-4-12-22(13-5-1)29-30(23-14-6-2-7-15-23)35-34-36(31(29)24-16-8-3-9-17-24)40-28-21-11-19-26-33(28)37(34)32-25(38-26)18-10-20-27(32)39-35/h1-21H. The van der Waals surface area contributed by atoms with Crippen molar-refractivity contribution in [1.82, 2.24) is 0 Å². The van der Waals surface area contributed by atoms with E-state index in [1.54, 1.807) is 0 Å². The zero-order chi connectivity index (χ0) is 26.2. The maximum atomic E-state index is 6.93. The molecule has 40 heavy (non-hydrogen) atoms. The predicted octanol–water partition coefficient (Wildman–Crippen LogP) is 7.52. The molecule has 3 aliphatic heterocycles. The minimum atomic E-state index is -0.0617. The SMILES string of the molecule is c1ccc(-c2c3c4c(c(-c5ccccc5)c2-c2ccccc2)Oc2cccc5c2B4c2c(cccc2O3)O5)cc1. The summed E-state index contributed by atoms with van der Waals surface area (Å²) in [6.45, 7) is -0.0617. The second kappa shape index (κ2) is 8.14. The van der Waals surface area contributed by atoms with Crippen molar-refractivity contribution in [3.8, 4) is 67.9 Å². The Morgan fingerprint density at radius 2 is 0.700 bits per heavy atom. The van der Waals surface area contributed by atoms with Crippen LogP contribution in [0.25, 0.3) is 33.4 Å². The molecular formula is C36H21BO3. The van der Waals surface area contributed by atoms with E-state index in [0.717, 1.165) is 84.3 Å². The topological polar surface area (TPSA) is 27.7 Å². The van der Waals surface area contributed by atoms with Crippen LogP contribution in [0, 0.1) is 0 Å². The quantitative estimate of drug-likeness (QED) is 0.229. The van der Waals surface area contributed by atoms with Crippen molar-refractivity contribution < 1.29 is 14.2 Å². The van der Waals surface area contributed by atoms with E-state index in [2.05, 4.69) is 103 Å². The van der Waals surface area contributed by atoms with Gasteiger partial charge in [0.1, 0.15) is 34.5 Å². The molecule has 3 heterocycles. The second-order valence-corrected chi connectivity index (χ2v) is 10.4. The average Bonchev–Trinajstić information content (AvgIpc) is 3.02. The van der Waals surface area contributed by atoms with E-state index < -0.39 is 0 Å². The molecule has 0 unspecified atom stereocenters. The Morgan fingerprint density at radius 3 is 1.12 bits per heavy atom. The lowest BCUT2D eigenvalue weighted by Crippen LogP contribution is -2.60. The molecule has 6 aromatic carbocycles. The van der Waals surface area contributed by atoms with E-state index in [-0.39, 0.29) is 6.71 Å². The Labute approximate surface area is 232 Å². The van der Waals surface area contributed by atoms with Gasteiger partial charge >= 0.3 is 0 Å². The van der Waals surface area contributed by atoms with Gasteiger partial charge in [0.25, 0.3) is 6.71 Å². The van der Waals surface area contributed by atoms with Crippen LogP contribution < -0.4 is 30.6 Å². The molecule has 0 aromatic heterocycles. The molecule has 6 aromatic rings. The molecule has 186 valence electrons. The number of benzene rings is 6. The van der Waals surface area contributed by atoms with E-state index in [1.807, 2.05) is 24.3 Å². The Morgan fingerprint density at radius 1 is 0.325 bits per heavy atom. The first-order chi connectivity index (χ1) is 19.9. The molecule has 9 rings (SSSR count). The first-order valence-corrected chi connectivity index (χ1v) is 13.6. The van der Waals surface area contributed by atoms with Crippen LogP contribution in [-0.2, 0) is 0 Å². The molecule has 0 bridgehead atoms. The maximum Gasteiger partial charge on any atom is 0.270 e. The number of hydrogen-bond donors (Lipinski definition) is 0. The minimum Gasteiger partial charge on any atom is -0.458 e. The van der Waals surface area contributed by atoms with Crippen LogP contribution in [0.15, 0.2) is 127 Å². The fourth-order valence-corrected chi connectivity index (χ4v) is 6.60. The molecule has 0 atom stereocenters. The van der Waals surface area contributed by atoms with Crippen molar-refractivity contribution in [2.75, 3.05) is 0 Å². The van der Waals surface area contributed by atoms with Gasteiger partial charge in [-0.2, -0.15) is 0 Å². The molecular weight excluding hydrogens is 491 g/mol. The third-order valence-corrected chi connectivity index (χ3v) is 8.19. The molecule has 0 saturated heterocycles. The first-order valence-electron chi connectivity index (χ1n) is 13.6. The van der Waals surface area contributed by atoms with Gasteiger partial charge < -0.3 is 14.2 Å². The largest absolute Gasteiger partial charge is 0.458 e. The summed E-state index contributed by atoms with van der Waals surface area (Å²) in [5, 5.41) is 0. The summed E-state index contributed by atoms with van der Waals surface area (Å²) in [4.78, 5) is 0. The number of rotatable bonds is 3. The van der Waals surface area contributed by atoms with E-state index in [9.17, 15) is 0 Å². The molecule has 0 radical (unpaired) electrons. The lowest BCUT2D eigenvalue weighted by atomic mass is 9.33. The van der Waals surface area contributed by atoms with E-state index >= 15 is 0 Å². The van der Waals surface area contributed by atoms with Gasteiger partial charge in [0, 0.05) is 33.1 Å². The highest BCUT2D eigenvalue weighted by Gasteiger charge is 2.48. The van der Waals surface area contributed by atoms with Crippen LogP contribution in [0.1, 0.15) is 0 Å². The maximum absolute atomic E-state index is 6.93. The molecule has 3 aliphatic rings. The zero-order valence-corrected chi connectivity index (χ0v) is 21.4. The summed E-state index contributed by atoms with van der Waals surface area (Å²) in [5.41, 5.74) is 9.71. The molecule has 0 spiro atoms. The van der Waals surface area contributed by atoms with Crippen molar-refractivity contribution >= 4 is 23.1 Å². The van der Waals surface area contributed by atoms with Crippen LogP contribution in [0.2, 0.25) is 0 Å². The predicted molar refractivity (Wildman–Crippen MR) is 161 cm³/mol. The number of ether oxygens (including phenoxy) is 3. The van der Waals surface area contributed by atoms with Crippen molar-refractivity contribution in [3.63, 3.8) is 0 Å². The Bertz CT molecular complexity index is 1850. The van der Waals surface area contributed by atoms with Crippen LogP contribution in [0.3, 0.4) is 0 Å². The zero-order valence-electron chi connectivity index (χ0n) is 21.4. The monoisotopic (exact) mass is 512 g/mol. The molecule has 3 nitrogen and oxygen atoms in total. The summed E-state index contributed by atoms with van der Waals surface area (Å²) in [5.74, 6) is 5.01. The Balaban J connectivity index is 1.51. The Kier molecular flexibility index (Phi) is 4.41. The first kappa shape index (κ1) is 21.7. The summed E-state index contributed by atoms with van der Waals surface area (Å²) >= 11 is 0. The summed E-state index contributed by atoms with van der Waals surface area (Å²) in [7, 11) is 0. The number of hydrogen-bond acceptors (Lipinski definition) is 3. The second-order valence-electron chi connectivity index (χ2n) is 10.4. The van der Waals surface area contributed by atoms with Gasteiger partial charge in [-0.3, -0.25) is 0 Å². The molecule has 4 heteroatoms. The molecule has 0 fully saturated rings. The van der Waals surface area contributed by atoms with Crippen molar-refractivity contribution in [1.29, 1.82) is 0 Å². The normalized spacial score (nSPS) is 13.1. The van der Waals surface area contributed by atoms with Crippen molar-refractivity contribution in [2.45, 2.75) is 0 Å². The van der Waals surface area contributed by atoms with E-state index in [4.69, 9.17) is 14.2 Å². The molecule has 0 saturated carbocycles. The minimum absolute atomic E-state index is 0.0617. The van der Waals surface area contributed by atoms with Gasteiger partial charge in [-0.1, -0.05) is 103 Å². The van der Waals surface area contributed by atoms with E-state index in [1.165, 1.54) is 0 Å². The highest BCUT2D eigenvalue weighted by Crippen LogP contribution is 2.54. The van der Waals surface area contributed by atoms with Gasteiger partial charge in [-0.15, -0.1) is 0 Å². The third kappa shape index (κ3) is 2.90. The summed E-state index contributed by atoms with van der Waals surface area (Å²) < 4.78 is 20.3. The van der Waals surface area contributed by atoms with Crippen LogP contribution in [-0.4, -0.2) is 6.71 Å². The Hall–Kier alpha value is -5.22.